The zero-order chi connectivity index (χ0) is 11.8. The van der Waals surface area contributed by atoms with Gasteiger partial charge in [0.15, 0.2) is 0 Å². The molecule has 0 atom stereocenters. The summed E-state index contributed by atoms with van der Waals surface area (Å²) in [5, 5.41) is 7.53. The molecular weight excluding hydrogens is 220 g/mol. The van der Waals surface area contributed by atoms with Gasteiger partial charge in [0, 0.05) is 19.6 Å². The average Bonchev–Trinajstić information content (AvgIpc) is 2.71. The molecule has 1 heterocycles. The average molecular weight is 242 g/mol. The van der Waals surface area contributed by atoms with Crippen LogP contribution in [0.1, 0.15) is 30.8 Å². The van der Waals surface area contributed by atoms with Crippen LogP contribution in [0.3, 0.4) is 0 Å². The second-order valence-electron chi connectivity index (χ2n) is 3.98. The Morgan fingerprint density at radius 2 is 2.12 bits per heavy atom. The zero-order valence-corrected chi connectivity index (χ0v) is 11.3. The Morgan fingerprint density at radius 1 is 1.31 bits per heavy atom. The molecule has 4 nitrogen and oxygen atoms in total. The van der Waals surface area contributed by atoms with Gasteiger partial charge in [-0.1, -0.05) is 18.3 Å². The minimum atomic E-state index is 0.967. The Hall–Kier alpha value is -0.520. The first kappa shape index (κ1) is 13.5. The third kappa shape index (κ3) is 4.55. The Morgan fingerprint density at radius 3 is 2.81 bits per heavy atom. The molecule has 1 rings (SSSR count). The first-order valence-electron chi connectivity index (χ1n) is 5.97. The minimum absolute atomic E-state index is 0.967. The maximum Gasteiger partial charge on any atom is 0.0798 e. The van der Waals surface area contributed by atoms with Crippen molar-refractivity contribution >= 4 is 11.5 Å². The van der Waals surface area contributed by atoms with Crippen molar-refractivity contribution < 1.29 is 0 Å². The van der Waals surface area contributed by atoms with Gasteiger partial charge in [-0.05, 0) is 38.0 Å². The molecule has 0 bridgehead atoms. The highest BCUT2D eigenvalue weighted by atomic mass is 32.1. The first-order chi connectivity index (χ1) is 7.77. The second-order valence-corrected chi connectivity index (χ2v) is 4.82. The number of nitrogens with zero attached hydrogens (tertiary/aromatic N) is 3. The van der Waals surface area contributed by atoms with E-state index < -0.39 is 0 Å². The van der Waals surface area contributed by atoms with Gasteiger partial charge in [0.05, 0.1) is 10.6 Å². The van der Waals surface area contributed by atoms with Gasteiger partial charge in [-0.2, -0.15) is 0 Å². The van der Waals surface area contributed by atoms with Crippen LogP contribution in [0, 0.1) is 0 Å². The number of nitrogens with one attached hydrogen (secondary N) is 1. The quantitative estimate of drug-likeness (QED) is 0.702. The number of hydrogen-bond acceptors (Lipinski definition) is 5. The van der Waals surface area contributed by atoms with Crippen molar-refractivity contribution in [2.24, 2.45) is 0 Å². The van der Waals surface area contributed by atoms with E-state index in [0.29, 0.717) is 0 Å². The highest BCUT2D eigenvalue weighted by Crippen LogP contribution is 2.12. The summed E-state index contributed by atoms with van der Waals surface area (Å²) in [5.74, 6) is 0. The second kappa shape index (κ2) is 7.70. The van der Waals surface area contributed by atoms with E-state index >= 15 is 0 Å². The molecule has 0 aliphatic carbocycles. The van der Waals surface area contributed by atoms with Crippen LogP contribution in [-0.2, 0) is 13.0 Å². The maximum atomic E-state index is 4.12. The van der Waals surface area contributed by atoms with Crippen LogP contribution < -0.4 is 5.32 Å². The first-order valence-corrected chi connectivity index (χ1v) is 6.74. The number of aryl methyl sites for hydroxylation is 1. The summed E-state index contributed by atoms with van der Waals surface area (Å²) in [6, 6.07) is 0. The van der Waals surface area contributed by atoms with Crippen molar-refractivity contribution in [2.45, 2.75) is 33.2 Å². The van der Waals surface area contributed by atoms with Crippen molar-refractivity contribution in [2.75, 3.05) is 26.7 Å². The molecule has 16 heavy (non-hydrogen) atoms. The van der Waals surface area contributed by atoms with E-state index in [1.807, 2.05) is 0 Å². The molecule has 0 saturated heterocycles. The lowest BCUT2D eigenvalue weighted by atomic mass is 10.3. The number of aromatic nitrogens is 2. The molecule has 0 aliphatic rings. The fraction of sp³-hybridized carbons (Fsp3) is 0.818. The Bertz CT molecular complexity index is 287. The molecule has 92 valence electrons. The molecule has 1 aromatic heterocycles. The van der Waals surface area contributed by atoms with Gasteiger partial charge in [-0.3, -0.25) is 4.90 Å². The number of likely N-dealkylation sites (N-methyl/N-ethyl adjacent to an activating group) is 1. The lowest BCUT2D eigenvalue weighted by Crippen LogP contribution is -2.29. The minimum Gasteiger partial charge on any atom is -0.315 e. The third-order valence-electron chi connectivity index (χ3n) is 2.48. The molecule has 0 unspecified atom stereocenters. The zero-order valence-electron chi connectivity index (χ0n) is 10.5. The monoisotopic (exact) mass is 242 g/mol. The third-order valence-corrected chi connectivity index (χ3v) is 3.23. The summed E-state index contributed by atoms with van der Waals surface area (Å²) < 4.78 is 4.01. The lowest BCUT2D eigenvalue weighted by molar-refractivity contribution is 0.326. The van der Waals surface area contributed by atoms with Crippen LogP contribution in [0.25, 0.3) is 0 Å². The van der Waals surface area contributed by atoms with Gasteiger partial charge in [0.25, 0.3) is 0 Å². The fourth-order valence-electron chi connectivity index (χ4n) is 1.51. The van der Waals surface area contributed by atoms with Gasteiger partial charge in [-0.15, -0.1) is 5.10 Å². The molecule has 0 amide bonds. The molecule has 0 spiro atoms. The normalized spacial score (nSPS) is 11.2. The van der Waals surface area contributed by atoms with Gasteiger partial charge < -0.3 is 5.32 Å². The van der Waals surface area contributed by atoms with E-state index in [1.165, 1.54) is 22.8 Å². The molecule has 0 aliphatic heterocycles. The molecule has 0 aromatic carbocycles. The van der Waals surface area contributed by atoms with Crippen LogP contribution in [0.4, 0.5) is 0 Å². The molecular formula is C11H22N4S. The Balaban J connectivity index is 2.25. The summed E-state index contributed by atoms with van der Waals surface area (Å²) in [6.45, 7) is 8.51. The molecule has 0 fully saturated rings. The van der Waals surface area contributed by atoms with Crippen LogP contribution in [0.2, 0.25) is 0 Å². The molecule has 5 heteroatoms. The Labute approximate surface area is 102 Å². The highest BCUT2D eigenvalue weighted by molar-refractivity contribution is 7.05. The summed E-state index contributed by atoms with van der Waals surface area (Å²) in [7, 11) is 2.15. The van der Waals surface area contributed by atoms with Crippen LogP contribution in [-0.4, -0.2) is 41.2 Å². The summed E-state index contributed by atoms with van der Waals surface area (Å²) >= 11 is 1.52. The van der Waals surface area contributed by atoms with Gasteiger partial charge in [0.2, 0.25) is 0 Å². The fourth-order valence-corrected chi connectivity index (χ4v) is 2.32. The largest absolute Gasteiger partial charge is 0.315 e. The van der Waals surface area contributed by atoms with Gasteiger partial charge in [0.1, 0.15) is 0 Å². The predicted molar refractivity (Wildman–Crippen MR) is 68.8 cm³/mol. The SMILES string of the molecule is CCCNCCN(C)Cc1snnc1CC. The van der Waals surface area contributed by atoms with Crippen molar-refractivity contribution in [1.29, 1.82) is 0 Å². The van der Waals surface area contributed by atoms with Gasteiger partial charge in [-0.25, -0.2) is 0 Å². The van der Waals surface area contributed by atoms with E-state index in [4.69, 9.17) is 0 Å². The smallest absolute Gasteiger partial charge is 0.0798 e. The maximum absolute atomic E-state index is 4.12. The standard InChI is InChI=1S/C11H22N4S/c1-4-6-12-7-8-15(3)9-11-10(5-2)13-14-16-11/h12H,4-9H2,1-3H3. The van der Waals surface area contributed by atoms with E-state index in [2.05, 4.69) is 40.7 Å². The summed E-state index contributed by atoms with van der Waals surface area (Å²) in [5.41, 5.74) is 1.15. The van der Waals surface area contributed by atoms with Gasteiger partial charge >= 0.3 is 0 Å². The Kier molecular flexibility index (Phi) is 6.52. The summed E-state index contributed by atoms with van der Waals surface area (Å²) in [4.78, 5) is 3.62. The molecule has 0 radical (unpaired) electrons. The van der Waals surface area contributed by atoms with Crippen LogP contribution in [0.15, 0.2) is 0 Å². The predicted octanol–water partition coefficient (Wildman–Crippen LogP) is 1.53. The topological polar surface area (TPSA) is 41.0 Å². The number of rotatable bonds is 8. The highest BCUT2D eigenvalue weighted by Gasteiger charge is 2.08. The summed E-state index contributed by atoms with van der Waals surface area (Å²) in [6.07, 6.45) is 2.18. The van der Waals surface area contributed by atoms with Crippen molar-refractivity contribution in [3.05, 3.63) is 10.6 Å². The van der Waals surface area contributed by atoms with E-state index in [9.17, 15) is 0 Å². The van der Waals surface area contributed by atoms with Crippen molar-refractivity contribution in [3.8, 4) is 0 Å². The molecule has 1 aromatic rings. The lowest BCUT2D eigenvalue weighted by Gasteiger charge is -2.15. The number of hydrogen-bond donors (Lipinski definition) is 1. The van der Waals surface area contributed by atoms with Crippen molar-refractivity contribution in [3.63, 3.8) is 0 Å². The molecule has 1 N–H and O–H groups in total. The van der Waals surface area contributed by atoms with Crippen LogP contribution >= 0.6 is 11.5 Å². The van der Waals surface area contributed by atoms with E-state index in [0.717, 1.165) is 38.3 Å². The molecule has 0 saturated carbocycles. The van der Waals surface area contributed by atoms with Crippen molar-refractivity contribution in [1.82, 2.24) is 19.8 Å². The van der Waals surface area contributed by atoms with Crippen LogP contribution in [0.5, 0.6) is 0 Å². The van der Waals surface area contributed by atoms with E-state index in [1.54, 1.807) is 0 Å². The van der Waals surface area contributed by atoms with E-state index in [-0.39, 0.29) is 0 Å².